The Labute approximate surface area is 162 Å². The number of carbonyl (C=O) groups excluding carboxylic acids is 3. The highest BCUT2D eigenvalue weighted by molar-refractivity contribution is 8.14. The number of carbonyl (C=O) groups is 4. The van der Waals surface area contributed by atoms with E-state index in [4.69, 9.17) is 4.74 Å². The fourth-order valence-electron chi connectivity index (χ4n) is 2.48. The summed E-state index contributed by atoms with van der Waals surface area (Å²) in [6.45, 7) is 0. The van der Waals surface area contributed by atoms with Crippen LogP contribution in [-0.4, -0.2) is 45.8 Å². The third-order valence-electron chi connectivity index (χ3n) is 3.83. The Balaban J connectivity index is 1.62. The van der Waals surface area contributed by atoms with Gasteiger partial charge in [-0.1, -0.05) is 36.0 Å². The van der Waals surface area contributed by atoms with Crippen molar-refractivity contribution >= 4 is 45.9 Å². The molecule has 140 valence electrons. The first kappa shape index (κ1) is 19.1. The highest BCUT2D eigenvalue weighted by Gasteiger charge is 2.35. The van der Waals surface area contributed by atoms with Crippen LogP contribution in [0.4, 0.5) is 0 Å². The summed E-state index contributed by atoms with van der Waals surface area (Å²) in [5, 5.41) is 13.1. The van der Waals surface area contributed by atoms with Gasteiger partial charge < -0.3 is 15.2 Å². The molecule has 0 saturated heterocycles. The van der Waals surface area contributed by atoms with Crippen LogP contribution in [0.25, 0.3) is 0 Å². The third kappa shape index (κ3) is 4.55. The number of amides is 1. The summed E-state index contributed by atoms with van der Waals surface area (Å²) in [6, 6.07) is 8.90. The molecule has 2 atom stereocenters. The molecule has 7 nitrogen and oxygen atoms in total. The predicted molar refractivity (Wildman–Crippen MR) is 100 cm³/mol. The third-order valence-corrected chi connectivity index (χ3v) is 5.81. The maximum Gasteiger partial charge on any atom is 0.327 e. The maximum absolute atomic E-state index is 12.4. The number of hydrogen-bond donors (Lipinski definition) is 2. The number of para-hydroxylation sites is 1. The number of hydrogen-bond acceptors (Lipinski definition) is 7. The fraction of sp³-hybridized carbons (Fsp3) is 0.222. The van der Waals surface area contributed by atoms with Crippen LogP contribution in [0, 0.1) is 0 Å². The zero-order valence-corrected chi connectivity index (χ0v) is 15.5. The topological polar surface area (TPSA) is 110 Å². The minimum atomic E-state index is -1.40. The summed E-state index contributed by atoms with van der Waals surface area (Å²) in [5.74, 6) is -2.30. The van der Waals surface area contributed by atoms with Gasteiger partial charge in [0.05, 0.1) is 4.88 Å². The average Bonchev–Trinajstić information content (AvgIpc) is 3.18. The van der Waals surface area contributed by atoms with Crippen molar-refractivity contribution in [2.24, 2.45) is 0 Å². The van der Waals surface area contributed by atoms with Crippen molar-refractivity contribution in [3.05, 3.63) is 52.2 Å². The number of thioether (sulfide) groups is 1. The Morgan fingerprint density at radius 2 is 2.04 bits per heavy atom. The fourth-order valence-corrected chi connectivity index (χ4v) is 4.12. The smallest absolute Gasteiger partial charge is 0.327 e. The normalized spacial score (nSPS) is 16.7. The molecular formula is C18H15NO6S2. The quantitative estimate of drug-likeness (QED) is 0.705. The molecule has 0 bridgehead atoms. The zero-order valence-electron chi connectivity index (χ0n) is 13.9. The van der Waals surface area contributed by atoms with Crippen molar-refractivity contribution in [3.8, 4) is 5.75 Å². The van der Waals surface area contributed by atoms with E-state index in [9.17, 15) is 24.3 Å². The Kier molecular flexibility index (Phi) is 5.92. The summed E-state index contributed by atoms with van der Waals surface area (Å²) < 4.78 is 5.44. The number of carboxylic acid groups (broad SMARTS) is 1. The number of ether oxygens (including phenoxy) is 1. The number of rotatable bonds is 6. The monoisotopic (exact) mass is 405 g/mol. The number of benzene rings is 1. The second-order valence-corrected chi connectivity index (χ2v) is 7.66. The van der Waals surface area contributed by atoms with E-state index in [1.807, 2.05) is 0 Å². The van der Waals surface area contributed by atoms with Gasteiger partial charge in [-0.3, -0.25) is 14.4 Å². The number of nitrogens with one attached hydrogen (secondary N) is 1. The van der Waals surface area contributed by atoms with Gasteiger partial charge in [-0.05, 0) is 17.5 Å². The molecule has 2 aromatic rings. The Morgan fingerprint density at radius 3 is 2.74 bits per heavy atom. The summed E-state index contributed by atoms with van der Waals surface area (Å²) >= 11 is 2.05. The minimum Gasteiger partial charge on any atom is -0.480 e. The van der Waals surface area contributed by atoms with E-state index in [2.05, 4.69) is 5.32 Å². The van der Waals surface area contributed by atoms with E-state index in [1.165, 1.54) is 11.3 Å². The van der Waals surface area contributed by atoms with Crippen LogP contribution in [0.3, 0.4) is 0 Å². The van der Waals surface area contributed by atoms with Gasteiger partial charge in [0.15, 0.2) is 5.78 Å². The molecule has 0 spiro atoms. The molecular weight excluding hydrogens is 390 g/mol. The SMILES string of the molecule is O=C(SC[C@H](NC(=O)C1Oc2ccccc2CC1=O)C(=O)O)c1cccs1. The molecule has 9 heteroatoms. The van der Waals surface area contributed by atoms with Crippen LogP contribution in [0.2, 0.25) is 0 Å². The highest BCUT2D eigenvalue weighted by atomic mass is 32.2. The van der Waals surface area contributed by atoms with Gasteiger partial charge in [0.25, 0.3) is 5.91 Å². The Morgan fingerprint density at radius 1 is 1.26 bits per heavy atom. The summed E-state index contributed by atoms with van der Waals surface area (Å²) in [7, 11) is 0. The lowest BCUT2D eigenvalue weighted by Crippen LogP contribution is -2.52. The lowest BCUT2D eigenvalue weighted by Gasteiger charge is -2.25. The van der Waals surface area contributed by atoms with Gasteiger partial charge in [-0.25, -0.2) is 4.79 Å². The number of thiophene rings is 1. The van der Waals surface area contributed by atoms with Gasteiger partial charge in [0, 0.05) is 17.7 Å². The van der Waals surface area contributed by atoms with Crippen molar-refractivity contribution in [1.82, 2.24) is 5.32 Å². The van der Waals surface area contributed by atoms with Crippen LogP contribution in [0.1, 0.15) is 15.2 Å². The molecule has 0 radical (unpaired) electrons. The van der Waals surface area contributed by atoms with Crippen molar-refractivity contribution < 1.29 is 29.0 Å². The minimum absolute atomic E-state index is 0.0393. The van der Waals surface area contributed by atoms with Crippen LogP contribution in [-0.2, 0) is 20.8 Å². The molecule has 2 N–H and O–H groups in total. The van der Waals surface area contributed by atoms with E-state index in [1.54, 1.807) is 41.8 Å². The Hall–Kier alpha value is -2.65. The average molecular weight is 405 g/mol. The van der Waals surface area contributed by atoms with E-state index < -0.39 is 29.8 Å². The molecule has 1 unspecified atom stereocenters. The van der Waals surface area contributed by atoms with Crippen molar-refractivity contribution in [2.45, 2.75) is 18.6 Å². The standard InChI is InChI=1S/C18H15NO6S2/c20-12-8-10-4-1-2-5-13(10)25-15(12)16(21)19-11(17(22)23)9-27-18(24)14-6-3-7-26-14/h1-7,11,15H,8-9H2,(H,19,21)(H,22,23)/t11-,15?/m0/s1. The summed E-state index contributed by atoms with van der Waals surface area (Å²) in [4.78, 5) is 48.5. The molecule has 1 aromatic heterocycles. The van der Waals surface area contributed by atoms with Gasteiger partial charge in [-0.15, -0.1) is 11.3 Å². The number of fused-ring (bicyclic) bond motifs is 1. The van der Waals surface area contributed by atoms with Crippen LogP contribution < -0.4 is 10.1 Å². The summed E-state index contributed by atoms with van der Waals surface area (Å²) in [5.41, 5.74) is 0.679. The van der Waals surface area contributed by atoms with Crippen LogP contribution in [0.5, 0.6) is 5.75 Å². The van der Waals surface area contributed by atoms with Gasteiger partial charge >= 0.3 is 5.97 Å². The van der Waals surface area contributed by atoms with E-state index in [-0.39, 0.29) is 17.3 Å². The maximum atomic E-state index is 12.4. The first-order chi connectivity index (χ1) is 13.0. The van der Waals surface area contributed by atoms with Crippen molar-refractivity contribution in [2.75, 3.05) is 5.75 Å². The number of ketones is 1. The van der Waals surface area contributed by atoms with Crippen molar-refractivity contribution in [1.29, 1.82) is 0 Å². The number of Topliss-reactive ketones (excluding diaryl/α,β-unsaturated/α-hetero) is 1. The van der Waals surface area contributed by atoms with Crippen LogP contribution >= 0.6 is 23.1 Å². The first-order valence-electron chi connectivity index (χ1n) is 7.97. The van der Waals surface area contributed by atoms with Crippen molar-refractivity contribution in [3.63, 3.8) is 0 Å². The molecule has 1 aliphatic heterocycles. The highest BCUT2D eigenvalue weighted by Crippen LogP contribution is 2.25. The molecule has 1 amide bonds. The van der Waals surface area contributed by atoms with E-state index in [0.717, 1.165) is 11.8 Å². The molecule has 3 rings (SSSR count). The lowest BCUT2D eigenvalue weighted by atomic mass is 10.0. The molecule has 0 fully saturated rings. The second-order valence-electron chi connectivity index (χ2n) is 5.72. The van der Waals surface area contributed by atoms with E-state index >= 15 is 0 Å². The molecule has 0 saturated carbocycles. The van der Waals surface area contributed by atoms with Gasteiger partial charge in [0.2, 0.25) is 11.2 Å². The molecule has 27 heavy (non-hydrogen) atoms. The van der Waals surface area contributed by atoms with Gasteiger partial charge in [-0.2, -0.15) is 0 Å². The Bertz CT molecular complexity index is 880. The second kappa shape index (κ2) is 8.36. The summed E-state index contributed by atoms with van der Waals surface area (Å²) in [6.07, 6.45) is -1.36. The number of carboxylic acids is 1. The lowest BCUT2D eigenvalue weighted by molar-refractivity contribution is -0.145. The number of aliphatic carboxylic acids is 1. The molecule has 1 aliphatic rings. The predicted octanol–water partition coefficient (Wildman–Crippen LogP) is 1.76. The molecule has 1 aromatic carbocycles. The van der Waals surface area contributed by atoms with E-state index in [0.29, 0.717) is 16.2 Å². The molecule has 0 aliphatic carbocycles. The largest absolute Gasteiger partial charge is 0.480 e. The zero-order chi connectivity index (χ0) is 19.4. The first-order valence-corrected chi connectivity index (χ1v) is 9.83. The van der Waals surface area contributed by atoms with Gasteiger partial charge in [0.1, 0.15) is 11.8 Å². The van der Waals surface area contributed by atoms with Crippen LogP contribution in [0.15, 0.2) is 41.8 Å². The molecule has 2 heterocycles.